The Morgan fingerprint density at radius 1 is 1.18 bits per heavy atom. The average molecular weight is 334 g/mol. The lowest BCUT2D eigenvalue weighted by Gasteiger charge is -2.15. The van der Waals surface area contributed by atoms with Crippen LogP contribution in [0.15, 0.2) is 15.3 Å². The Labute approximate surface area is 125 Å². The van der Waals surface area contributed by atoms with Crippen LogP contribution < -0.4 is 10.9 Å². The van der Waals surface area contributed by atoms with Crippen molar-refractivity contribution in [3.05, 3.63) is 27.8 Å². The molecule has 0 atom stereocenters. The first-order valence-corrected chi connectivity index (χ1v) is 7.54. The van der Waals surface area contributed by atoms with Crippen LogP contribution in [0.3, 0.4) is 0 Å². The zero-order valence-electron chi connectivity index (χ0n) is 12.4. The van der Waals surface area contributed by atoms with Crippen molar-refractivity contribution in [2.45, 2.75) is 6.92 Å². The highest BCUT2D eigenvalue weighted by molar-refractivity contribution is 7.62. The molecular weight excluding hydrogens is 319 g/mol. The molecule has 0 saturated carbocycles. The predicted molar refractivity (Wildman–Crippen MR) is 73.5 cm³/mol. The van der Waals surface area contributed by atoms with Gasteiger partial charge in [0.25, 0.3) is 0 Å². The number of esters is 2. The normalized spacial score (nSPS) is 11.1. The maximum absolute atomic E-state index is 12.4. The van der Waals surface area contributed by atoms with Crippen LogP contribution in [0.2, 0.25) is 0 Å². The second-order valence-corrected chi connectivity index (χ2v) is 5.91. The van der Waals surface area contributed by atoms with Crippen LogP contribution in [0.25, 0.3) is 0 Å². The zero-order chi connectivity index (χ0) is 16.9. The quantitative estimate of drug-likeness (QED) is 0.547. The van der Waals surface area contributed by atoms with Crippen molar-refractivity contribution in [3.63, 3.8) is 0 Å². The van der Waals surface area contributed by atoms with Crippen molar-refractivity contribution in [2.75, 3.05) is 27.9 Å². The van der Waals surface area contributed by atoms with E-state index in [1.807, 2.05) is 0 Å². The molecule has 1 heterocycles. The minimum atomic E-state index is -4.10. The van der Waals surface area contributed by atoms with Gasteiger partial charge < -0.3 is 22.9 Å². The lowest BCUT2D eigenvalue weighted by atomic mass is 10.2. The van der Waals surface area contributed by atoms with E-state index in [0.717, 1.165) is 27.4 Å². The summed E-state index contributed by atoms with van der Waals surface area (Å²) in [4.78, 5) is 35.5. The summed E-state index contributed by atoms with van der Waals surface area (Å²) >= 11 is 0. The molecule has 1 aromatic heterocycles. The van der Waals surface area contributed by atoms with Crippen molar-refractivity contribution < 1.29 is 37.1 Å². The molecule has 0 bridgehead atoms. The van der Waals surface area contributed by atoms with Crippen LogP contribution in [-0.4, -0.2) is 39.9 Å². The van der Waals surface area contributed by atoms with Gasteiger partial charge in [0.05, 0.1) is 19.3 Å². The van der Waals surface area contributed by atoms with E-state index < -0.39 is 41.8 Å². The van der Waals surface area contributed by atoms with Crippen LogP contribution in [-0.2, 0) is 23.1 Å². The van der Waals surface area contributed by atoms with Gasteiger partial charge in [-0.05, 0) is 6.92 Å². The highest BCUT2D eigenvalue weighted by Gasteiger charge is 2.36. The summed E-state index contributed by atoms with van der Waals surface area (Å²) in [5.74, 6) is -2.50. The molecule has 0 N–H and O–H groups in total. The van der Waals surface area contributed by atoms with Gasteiger partial charge in [0.1, 0.15) is 0 Å². The molecule has 0 radical (unpaired) electrons. The van der Waals surface area contributed by atoms with Crippen LogP contribution >= 0.6 is 7.60 Å². The second kappa shape index (κ2) is 7.35. The van der Waals surface area contributed by atoms with Gasteiger partial charge in [-0.2, -0.15) is 0 Å². The standard InChI is InChI=1S/C12H15O9P/c1-5-20-11(14)8-6-7(10(13)17-2)9(12(15)21-8)22(16,18-3)19-4/h6H,5H2,1-4H3. The van der Waals surface area contributed by atoms with Crippen LogP contribution in [0.5, 0.6) is 0 Å². The van der Waals surface area contributed by atoms with E-state index in [9.17, 15) is 18.9 Å². The predicted octanol–water partition coefficient (Wildman–Crippen LogP) is 0.714. The summed E-state index contributed by atoms with van der Waals surface area (Å²) in [7, 11) is -0.986. The van der Waals surface area contributed by atoms with Crippen LogP contribution in [0.4, 0.5) is 0 Å². The fraction of sp³-hybridized carbons (Fsp3) is 0.417. The summed E-state index contributed by atoms with van der Waals surface area (Å²) in [5, 5.41) is -0.655. The highest BCUT2D eigenvalue weighted by Crippen LogP contribution is 2.45. The van der Waals surface area contributed by atoms with Gasteiger partial charge in [-0.15, -0.1) is 0 Å². The number of methoxy groups -OCH3 is 1. The van der Waals surface area contributed by atoms with Gasteiger partial charge in [0, 0.05) is 20.3 Å². The minimum absolute atomic E-state index is 0.0342. The van der Waals surface area contributed by atoms with E-state index in [4.69, 9.17) is 4.42 Å². The summed E-state index contributed by atoms with van der Waals surface area (Å²) < 4.78 is 35.7. The van der Waals surface area contributed by atoms with Crippen molar-refractivity contribution in [1.29, 1.82) is 0 Å². The Kier molecular flexibility index (Phi) is 6.04. The Balaban J connectivity index is 3.65. The Hall–Kier alpha value is -1.96. The number of hydrogen-bond donors (Lipinski definition) is 0. The Morgan fingerprint density at radius 3 is 2.23 bits per heavy atom. The van der Waals surface area contributed by atoms with Gasteiger partial charge in [-0.1, -0.05) is 0 Å². The van der Waals surface area contributed by atoms with E-state index in [1.54, 1.807) is 6.92 Å². The van der Waals surface area contributed by atoms with E-state index in [0.29, 0.717) is 0 Å². The molecule has 0 saturated heterocycles. The van der Waals surface area contributed by atoms with E-state index in [-0.39, 0.29) is 6.61 Å². The smallest absolute Gasteiger partial charge is 0.374 e. The molecule has 0 aliphatic rings. The summed E-state index contributed by atoms with van der Waals surface area (Å²) in [5.41, 5.74) is -1.69. The molecule has 0 spiro atoms. The first-order chi connectivity index (χ1) is 10.3. The molecule has 9 nitrogen and oxygen atoms in total. The van der Waals surface area contributed by atoms with Crippen molar-refractivity contribution in [1.82, 2.24) is 0 Å². The van der Waals surface area contributed by atoms with Gasteiger partial charge in [-0.3, -0.25) is 4.57 Å². The highest BCUT2D eigenvalue weighted by atomic mass is 31.2. The third-order valence-electron chi connectivity index (χ3n) is 2.56. The molecule has 10 heteroatoms. The van der Waals surface area contributed by atoms with E-state index >= 15 is 0 Å². The monoisotopic (exact) mass is 334 g/mol. The first-order valence-electron chi connectivity index (χ1n) is 6.00. The third-order valence-corrected chi connectivity index (χ3v) is 4.50. The number of ether oxygens (including phenoxy) is 2. The number of carbonyl (C=O) groups is 2. The Morgan fingerprint density at radius 2 is 1.77 bits per heavy atom. The van der Waals surface area contributed by atoms with Crippen molar-refractivity contribution in [3.8, 4) is 0 Å². The molecule has 1 aromatic rings. The fourth-order valence-corrected chi connectivity index (χ4v) is 2.81. The molecule has 0 aromatic carbocycles. The molecule has 0 fully saturated rings. The van der Waals surface area contributed by atoms with E-state index in [2.05, 4.69) is 18.5 Å². The summed E-state index contributed by atoms with van der Waals surface area (Å²) in [6.07, 6.45) is 0. The number of hydrogen-bond acceptors (Lipinski definition) is 9. The SMILES string of the molecule is CCOC(=O)c1cc(C(=O)OC)c(P(=O)(OC)OC)c(=O)o1. The number of rotatable bonds is 6. The maximum Gasteiger partial charge on any atom is 0.374 e. The molecule has 0 aliphatic carbocycles. The molecule has 22 heavy (non-hydrogen) atoms. The fourth-order valence-electron chi connectivity index (χ4n) is 1.57. The van der Waals surface area contributed by atoms with E-state index in [1.165, 1.54) is 0 Å². The molecule has 122 valence electrons. The molecule has 0 unspecified atom stereocenters. The summed E-state index contributed by atoms with van der Waals surface area (Å²) in [6.45, 7) is 1.59. The zero-order valence-corrected chi connectivity index (χ0v) is 13.3. The summed E-state index contributed by atoms with van der Waals surface area (Å²) in [6, 6.07) is 0.894. The van der Waals surface area contributed by atoms with Crippen molar-refractivity contribution >= 4 is 24.8 Å². The van der Waals surface area contributed by atoms with Gasteiger partial charge >= 0.3 is 25.2 Å². The molecule has 1 rings (SSSR count). The first kappa shape index (κ1) is 18.1. The van der Waals surface area contributed by atoms with Crippen molar-refractivity contribution in [2.24, 2.45) is 0 Å². The lowest BCUT2D eigenvalue weighted by Crippen LogP contribution is -2.33. The molecule has 0 amide bonds. The maximum atomic E-state index is 12.4. The molecule has 0 aliphatic heterocycles. The van der Waals surface area contributed by atoms with Crippen LogP contribution in [0, 0.1) is 0 Å². The average Bonchev–Trinajstić information content (AvgIpc) is 2.52. The van der Waals surface area contributed by atoms with Gasteiger partial charge in [0.2, 0.25) is 5.76 Å². The van der Waals surface area contributed by atoms with Crippen LogP contribution in [0.1, 0.15) is 27.8 Å². The minimum Gasteiger partial charge on any atom is -0.465 e. The van der Waals surface area contributed by atoms with Gasteiger partial charge in [0.15, 0.2) is 5.30 Å². The lowest BCUT2D eigenvalue weighted by molar-refractivity contribution is 0.0484. The topological polar surface area (TPSA) is 118 Å². The Bertz CT molecular complexity index is 668. The van der Waals surface area contributed by atoms with Gasteiger partial charge in [-0.25, -0.2) is 14.4 Å². The molecular formula is C12H15O9P. The second-order valence-electron chi connectivity index (χ2n) is 3.74. The third kappa shape index (κ3) is 3.44. The number of carbonyl (C=O) groups excluding carboxylic acids is 2. The largest absolute Gasteiger partial charge is 0.465 e.